The molecule has 0 saturated carbocycles. The first-order valence-electron chi connectivity index (χ1n) is 17.5. The molecule has 4 rings (SSSR count). The Morgan fingerprint density at radius 2 is 1.52 bits per heavy atom. The van der Waals surface area contributed by atoms with Gasteiger partial charge in [0.25, 0.3) is 0 Å². The first kappa shape index (κ1) is 35.7. The summed E-state index contributed by atoms with van der Waals surface area (Å²) in [6, 6.07) is 9.71. The van der Waals surface area contributed by atoms with Gasteiger partial charge in [0.15, 0.2) is 0 Å². The zero-order chi connectivity index (χ0) is 32.6. The number of piperazine rings is 1. The lowest BCUT2D eigenvalue weighted by molar-refractivity contribution is -0.151. The normalized spacial score (nSPS) is 15.0. The Labute approximate surface area is 279 Å². The lowest BCUT2D eigenvalue weighted by Crippen LogP contribution is -2.51. The Bertz CT molecular complexity index is 1400. The number of amides is 1. The molecule has 2 aromatic rings. The highest BCUT2D eigenvalue weighted by atomic mass is 32.1. The highest BCUT2D eigenvalue weighted by Gasteiger charge is 2.32. The fourth-order valence-electron chi connectivity index (χ4n) is 5.97. The Hall–Kier alpha value is -3.17. The van der Waals surface area contributed by atoms with Crippen LogP contribution < -0.4 is 14.8 Å². The molecule has 3 heterocycles. The smallest absolute Gasteiger partial charge is 0.423 e. The Morgan fingerprint density at radius 1 is 0.870 bits per heavy atom. The molecule has 1 aromatic carbocycles. The van der Waals surface area contributed by atoms with Crippen LogP contribution in [0, 0.1) is 6.92 Å². The molecule has 0 spiro atoms. The third-order valence-electron chi connectivity index (χ3n) is 8.66. The van der Waals surface area contributed by atoms with Crippen molar-refractivity contribution in [2.75, 3.05) is 44.9 Å². The molecule has 1 saturated heterocycles. The van der Waals surface area contributed by atoms with Crippen molar-refractivity contribution in [2.24, 2.45) is 4.99 Å². The minimum atomic E-state index is -0.581. The number of hydrogen-bond acceptors (Lipinski definition) is 8. The van der Waals surface area contributed by atoms with Gasteiger partial charge in [-0.3, -0.25) is 4.79 Å². The van der Waals surface area contributed by atoms with Gasteiger partial charge >= 0.3 is 12.1 Å². The van der Waals surface area contributed by atoms with Crippen LogP contribution in [0.5, 0.6) is 0 Å². The molecule has 252 valence electrons. The molecule has 9 heteroatoms. The number of hydrogen-bond donors (Lipinski definition) is 0. The van der Waals surface area contributed by atoms with Gasteiger partial charge in [-0.15, -0.1) is 11.3 Å². The SMILES string of the molecule is CCCCCCCCC=CCCCCCCCC(=O)OCOC(=O)N1C(N2CCN(C)CC2)=c2cc(C)sc2=Nc2ccccc21. The van der Waals surface area contributed by atoms with Gasteiger partial charge in [0.2, 0.25) is 6.79 Å². The number of para-hydroxylation sites is 2. The van der Waals surface area contributed by atoms with Crippen molar-refractivity contribution in [1.29, 1.82) is 0 Å². The van der Waals surface area contributed by atoms with Crippen molar-refractivity contribution >= 4 is 40.6 Å². The van der Waals surface area contributed by atoms with E-state index < -0.39 is 12.9 Å². The average molecular weight is 651 g/mol. The van der Waals surface area contributed by atoms with E-state index in [1.54, 1.807) is 16.2 Å². The molecule has 2 aliphatic heterocycles. The van der Waals surface area contributed by atoms with Crippen molar-refractivity contribution in [2.45, 2.75) is 104 Å². The maximum absolute atomic E-state index is 13.7. The summed E-state index contributed by atoms with van der Waals surface area (Å²) >= 11 is 1.62. The largest absolute Gasteiger partial charge is 0.428 e. The number of allylic oxidation sites excluding steroid dienone is 2. The van der Waals surface area contributed by atoms with Gasteiger partial charge < -0.3 is 19.3 Å². The molecule has 1 amide bonds. The van der Waals surface area contributed by atoms with Gasteiger partial charge in [0.1, 0.15) is 10.5 Å². The van der Waals surface area contributed by atoms with Crippen molar-refractivity contribution in [3.8, 4) is 0 Å². The van der Waals surface area contributed by atoms with E-state index in [4.69, 9.17) is 14.5 Å². The molecule has 8 nitrogen and oxygen atoms in total. The molecular weight excluding hydrogens is 596 g/mol. The molecule has 0 unspecified atom stereocenters. The summed E-state index contributed by atoms with van der Waals surface area (Å²) in [5.74, 6) is 0.432. The maximum atomic E-state index is 13.7. The molecule has 1 aromatic heterocycles. The summed E-state index contributed by atoms with van der Waals surface area (Å²) in [4.78, 5) is 38.4. The van der Waals surface area contributed by atoms with Crippen molar-refractivity contribution in [3.63, 3.8) is 0 Å². The lowest BCUT2D eigenvalue weighted by atomic mass is 10.1. The quantitative estimate of drug-likeness (QED) is 0.0709. The molecule has 2 aliphatic rings. The lowest BCUT2D eigenvalue weighted by Gasteiger charge is -2.38. The van der Waals surface area contributed by atoms with Crippen LogP contribution in [0.1, 0.15) is 102 Å². The average Bonchev–Trinajstić information content (AvgIpc) is 3.35. The predicted octanol–water partition coefficient (Wildman–Crippen LogP) is 7.82. The van der Waals surface area contributed by atoms with Gasteiger partial charge in [-0.25, -0.2) is 14.7 Å². The van der Waals surface area contributed by atoms with Crippen LogP contribution >= 0.6 is 11.3 Å². The third kappa shape index (κ3) is 11.0. The number of nitrogens with zero attached hydrogens (tertiary/aromatic N) is 4. The number of likely N-dealkylation sites (N-methyl/N-ethyl adjacent to an activating group) is 1. The van der Waals surface area contributed by atoms with Gasteiger partial charge in [-0.05, 0) is 64.3 Å². The second kappa shape index (κ2) is 19.5. The second-order valence-corrected chi connectivity index (χ2v) is 13.7. The number of thiophene rings is 1. The minimum Gasteiger partial charge on any atom is -0.428 e. The fourth-order valence-corrected chi connectivity index (χ4v) is 6.86. The molecule has 0 aliphatic carbocycles. The number of benzene rings is 1. The molecule has 0 radical (unpaired) electrons. The van der Waals surface area contributed by atoms with Crippen LogP contribution in [-0.2, 0) is 14.3 Å². The van der Waals surface area contributed by atoms with Crippen LogP contribution in [0.4, 0.5) is 16.2 Å². The monoisotopic (exact) mass is 650 g/mol. The number of fused-ring (bicyclic) bond motifs is 2. The van der Waals surface area contributed by atoms with Crippen LogP contribution in [0.15, 0.2) is 47.5 Å². The number of carbonyl (C=O) groups is 2. The number of unbranched alkanes of at least 4 members (excludes halogenated alkanes) is 11. The minimum absolute atomic E-state index is 0.331. The Morgan fingerprint density at radius 3 is 2.24 bits per heavy atom. The van der Waals surface area contributed by atoms with E-state index in [1.165, 1.54) is 57.8 Å². The summed E-state index contributed by atoms with van der Waals surface area (Å²) in [5, 5.41) is 0.918. The topological polar surface area (TPSA) is 74.7 Å². The first-order chi connectivity index (χ1) is 22.5. The van der Waals surface area contributed by atoms with Crippen LogP contribution in [-0.4, -0.2) is 61.9 Å². The van der Waals surface area contributed by atoms with Crippen molar-refractivity contribution in [1.82, 2.24) is 9.80 Å². The first-order valence-corrected chi connectivity index (χ1v) is 18.3. The van der Waals surface area contributed by atoms with E-state index in [0.717, 1.165) is 72.5 Å². The van der Waals surface area contributed by atoms with Crippen LogP contribution in [0.25, 0.3) is 5.82 Å². The fraction of sp³-hybridized carbons (Fsp3) is 0.595. The van der Waals surface area contributed by atoms with Crippen LogP contribution in [0.3, 0.4) is 0 Å². The van der Waals surface area contributed by atoms with Crippen molar-refractivity contribution in [3.05, 3.63) is 57.3 Å². The number of ether oxygens (including phenoxy) is 2. The molecule has 1 fully saturated rings. The zero-order valence-corrected chi connectivity index (χ0v) is 29.1. The van der Waals surface area contributed by atoms with E-state index in [-0.39, 0.29) is 5.97 Å². The summed E-state index contributed by atoms with van der Waals surface area (Å²) in [7, 11) is 2.11. The summed E-state index contributed by atoms with van der Waals surface area (Å²) in [6.07, 6.45) is 20.1. The number of rotatable bonds is 18. The van der Waals surface area contributed by atoms with E-state index in [1.807, 2.05) is 24.3 Å². The van der Waals surface area contributed by atoms with E-state index >= 15 is 0 Å². The number of esters is 1. The van der Waals surface area contributed by atoms with Crippen molar-refractivity contribution < 1.29 is 19.1 Å². The molecule has 46 heavy (non-hydrogen) atoms. The molecule has 0 atom stereocenters. The summed E-state index contributed by atoms with van der Waals surface area (Å²) < 4.78 is 11.8. The molecule has 0 bridgehead atoms. The third-order valence-corrected chi connectivity index (χ3v) is 9.61. The van der Waals surface area contributed by atoms with Gasteiger partial charge in [0, 0.05) is 37.5 Å². The summed E-state index contributed by atoms with van der Waals surface area (Å²) in [5.41, 5.74) is 1.36. The molecular formula is C37H54N4O4S. The van der Waals surface area contributed by atoms with Gasteiger partial charge in [-0.1, -0.05) is 82.6 Å². The Balaban J connectivity index is 1.20. The van der Waals surface area contributed by atoms with Gasteiger partial charge in [0.05, 0.1) is 16.6 Å². The molecule has 0 N–H and O–H groups in total. The highest BCUT2D eigenvalue weighted by molar-refractivity contribution is 7.09. The van der Waals surface area contributed by atoms with Gasteiger partial charge in [-0.2, -0.15) is 0 Å². The number of carbonyl (C=O) groups excluding carboxylic acids is 2. The number of anilines is 1. The Kier molecular flexibility index (Phi) is 15.1. The highest BCUT2D eigenvalue weighted by Crippen LogP contribution is 2.34. The van der Waals surface area contributed by atoms with E-state index in [9.17, 15) is 9.59 Å². The van der Waals surface area contributed by atoms with Crippen LogP contribution in [0.2, 0.25) is 0 Å². The zero-order valence-electron chi connectivity index (χ0n) is 28.3. The number of aryl methyl sites for hydroxylation is 1. The maximum Gasteiger partial charge on any atom is 0.423 e. The van der Waals surface area contributed by atoms with E-state index in [2.05, 4.69) is 48.9 Å². The summed E-state index contributed by atoms with van der Waals surface area (Å²) in [6.45, 7) is 7.23. The standard InChI is InChI=1S/C37H54N4O4S/c1-4-5-6-7-8-9-10-11-12-13-14-15-16-17-18-23-34(42)44-29-45-37(43)41-33-22-20-19-21-32(33)38-35-31(28-30(2)46-35)36(41)40-26-24-39(3)25-27-40/h11-12,19-22,28H,4-10,13-18,23-27,29H2,1-3H3. The van der Waals surface area contributed by atoms with E-state index in [0.29, 0.717) is 17.8 Å². The second-order valence-electron chi connectivity index (χ2n) is 12.5. The predicted molar refractivity (Wildman–Crippen MR) is 188 cm³/mol.